The number of benzene rings is 2. The van der Waals surface area contributed by atoms with Crippen LogP contribution < -0.4 is 4.74 Å². The Morgan fingerprint density at radius 1 is 1.05 bits per heavy atom. The fraction of sp³-hybridized carbons (Fsp3) is 0.0714. The Hall–Kier alpha value is -0.850. The first-order valence-electron chi connectivity index (χ1n) is 5.57. The van der Waals surface area contributed by atoms with Gasteiger partial charge in [0.25, 0.3) is 0 Å². The molecule has 0 bridgehead atoms. The van der Waals surface area contributed by atoms with E-state index >= 15 is 0 Å². The van der Waals surface area contributed by atoms with Gasteiger partial charge in [-0.15, -0.1) is 0 Å². The molecule has 0 aliphatic carbocycles. The summed E-state index contributed by atoms with van der Waals surface area (Å²) in [6.45, 7) is 0.335. The number of para-hydroxylation sites is 1. The van der Waals surface area contributed by atoms with Crippen LogP contribution >= 0.6 is 47.8 Å². The molecule has 2 aromatic rings. The maximum absolute atomic E-state index is 10.9. The summed E-state index contributed by atoms with van der Waals surface area (Å²) in [5, 5.41) is 8.92. The van der Waals surface area contributed by atoms with Gasteiger partial charge in [0.1, 0.15) is 12.4 Å². The smallest absolute Gasteiger partial charge is 0.335 e. The lowest BCUT2D eigenvalue weighted by Crippen LogP contribution is -2.01. The zero-order valence-corrected chi connectivity index (χ0v) is 14.8. The summed E-state index contributed by atoms with van der Waals surface area (Å²) in [7, 11) is 0. The maximum atomic E-state index is 10.9. The zero-order valence-electron chi connectivity index (χ0n) is 10.1. The first-order valence-corrected chi connectivity index (χ1v) is 7.95. The van der Waals surface area contributed by atoms with Crippen LogP contribution in [-0.2, 0) is 6.61 Å². The third-order valence-electron chi connectivity index (χ3n) is 2.59. The van der Waals surface area contributed by atoms with E-state index in [1.54, 1.807) is 18.2 Å². The van der Waals surface area contributed by atoms with Gasteiger partial charge in [0.2, 0.25) is 0 Å². The predicted molar refractivity (Wildman–Crippen MR) is 87.3 cm³/mol. The average molecular weight is 465 g/mol. The largest absolute Gasteiger partial charge is 0.486 e. The number of hydrogen-bond acceptors (Lipinski definition) is 2. The van der Waals surface area contributed by atoms with Crippen molar-refractivity contribution in [1.82, 2.24) is 0 Å². The molecule has 0 amide bonds. The molecular weight excluding hydrogens is 456 g/mol. The van der Waals surface area contributed by atoms with Crippen molar-refractivity contribution in [1.29, 1.82) is 0 Å². The van der Waals surface area contributed by atoms with Crippen molar-refractivity contribution in [2.45, 2.75) is 6.61 Å². The zero-order chi connectivity index (χ0) is 14.7. The molecule has 0 heterocycles. The van der Waals surface area contributed by atoms with Gasteiger partial charge in [-0.2, -0.15) is 0 Å². The Labute approximate surface area is 141 Å². The van der Waals surface area contributed by atoms with E-state index < -0.39 is 5.97 Å². The number of carboxylic acid groups (broad SMARTS) is 1. The van der Waals surface area contributed by atoms with Crippen LogP contribution in [0.25, 0.3) is 0 Å². The van der Waals surface area contributed by atoms with E-state index in [-0.39, 0.29) is 5.56 Å². The molecular formula is C14H9Br3O3. The number of hydrogen-bond donors (Lipinski definition) is 1. The molecule has 0 saturated carbocycles. The predicted octanol–water partition coefficient (Wildman–Crippen LogP) is 5.25. The minimum Gasteiger partial charge on any atom is -0.486 e. The Balaban J connectivity index is 2.17. The van der Waals surface area contributed by atoms with Gasteiger partial charge in [-0.05, 0) is 56.1 Å². The van der Waals surface area contributed by atoms with Crippen molar-refractivity contribution in [3.8, 4) is 5.75 Å². The van der Waals surface area contributed by atoms with E-state index in [1.807, 2.05) is 18.2 Å². The lowest BCUT2D eigenvalue weighted by Gasteiger charge is -2.11. The van der Waals surface area contributed by atoms with E-state index in [4.69, 9.17) is 9.84 Å². The van der Waals surface area contributed by atoms with Crippen LogP contribution in [0.1, 0.15) is 15.9 Å². The molecule has 0 radical (unpaired) electrons. The summed E-state index contributed by atoms with van der Waals surface area (Å²) in [4.78, 5) is 10.9. The molecule has 0 saturated heterocycles. The normalized spacial score (nSPS) is 10.3. The summed E-state index contributed by atoms with van der Waals surface area (Å²) < 4.78 is 8.18. The maximum Gasteiger partial charge on any atom is 0.335 e. The third kappa shape index (κ3) is 3.62. The first-order chi connectivity index (χ1) is 9.49. The summed E-state index contributed by atoms with van der Waals surface area (Å²) in [5.74, 6) is -0.242. The molecule has 2 rings (SSSR count). The molecule has 0 atom stereocenters. The van der Waals surface area contributed by atoms with Crippen LogP contribution in [0, 0.1) is 0 Å². The van der Waals surface area contributed by atoms with Gasteiger partial charge >= 0.3 is 5.97 Å². The number of ether oxygens (including phenoxy) is 1. The molecule has 0 aliphatic heterocycles. The van der Waals surface area contributed by atoms with Gasteiger partial charge in [0.15, 0.2) is 0 Å². The van der Waals surface area contributed by atoms with Crippen LogP contribution in [-0.4, -0.2) is 11.1 Å². The van der Waals surface area contributed by atoms with E-state index in [0.29, 0.717) is 16.8 Å². The van der Waals surface area contributed by atoms with E-state index in [0.717, 1.165) is 14.5 Å². The number of aromatic carboxylic acids is 1. The molecule has 20 heavy (non-hydrogen) atoms. The Bertz CT molecular complexity index is 636. The van der Waals surface area contributed by atoms with Crippen LogP contribution in [0.5, 0.6) is 5.75 Å². The SMILES string of the molecule is O=C(O)c1ccc(COc2c(Br)cccc2Br)c(Br)c1. The molecule has 0 fully saturated rings. The summed E-state index contributed by atoms with van der Waals surface area (Å²) in [6.07, 6.45) is 0. The molecule has 2 aromatic carbocycles. The molecule has 6 heteroatoms. The van der Waals surface area contributed by atoms with Crippen molar-refractivity contribution >= 4 is 53.8 Å². The van der Waals surface area contributed by atoms with Gasteiger partial charge in [0.05, 0.1) is 14.5 Å². The quantitative estimate of drug-likeness (QED) is 0.672. The Morgan fingerprint density at radius 2 is 1.70 bits per heavy atom. The molecule has 1 N–H and O–H groups in total. The van der Waals surface area contributed by atoms with Crippen LogP contribution in [0.4, 0.5) is 0 Å². The lowest BCUT2D eigenvalue weighted by atomic mass is 10.1. The highest BCUT2D eigenvalue weighted by Crippen LogP contribution is 2.34. The van der Waals surface area contributed by atoms with Crippen LogP contribution in [0.3, 0.4) is 0 Å². The van der Waals surface area contributed by atoms with Crippen molar-refractivity contribution in [3.63, 3.8) is 0 Å². The van der Waals surface area contributed by atoms with Crippen LogP contribution in [0.2, 0.25) is 0 Å². The van der Waals surface area contributed by atoms with Crippen molar-refractivity contribution in [2.75, 3.05) is 0 Å². The van der Waals surface area contributed by atoms with E-state index in [1.165, 1.54) is 0 Å². The standard InChI is InChI=1S/C14H9Br3O3/c15-10-2-1-3-11(16)13(10)20-7-9-5-4-8(14(18)19)6-12(9)17/h1-6H,7H2,(H,18,19). The molecule has 0 aromatic heterocycles. The van der Waals surface area contributed by atoms with Crippen molar-refractivity contribution < 1.29 is 14.6 Å². The highest BCUT2D eigenvalue weighted by molar-refractivity contribution is 9.11. The van der Waals surface area contributed by atoms with Gasteiger partial charge in [-0.25, -0.2) is 4.79 Å². The topological polar surface area (TPSA) is 46.5 Å². The van der Waals surface area contributed by atoms with E-state index in [2.05, 4.69) is 47.8 Å². The van der Waals surface area contributed by atoms with Gasteiger partial charge in [-0.3, -0.25) is 0 Å². The van der Waals surface area contributed by atoms with Crippen molar-refractivity contribution in [3.05, 3.63) is 60.9 Å². The molecule has 0 unspecified atom stereocenters. The number of rotatable bonds is 4. The second-order valence-corrected chi connectivity index (χ2v) is 6.51. The van der Waals surface area contributed by atoms with Gasteiger partial charge in [0, 0.05) is 10.0 Å². The van der Waals surface area contributed by atoms with E-state index in [9.17, 15) is 4.79 Å². The van der Waals surface area contributed by atoms with Gasteiger partial charge < -0.3 is 9.84 Å². The van der Waals surface area contributed by atoms with Gasteiger partial charge in [-0.1, -0.05) is 28.1 Å². The Kier molecular flexibility index (Phi) is 5.23. The first kappa shape index (κ1) is 15.5. The average Bonchev–Trinajstić information content (AvgIpc) is 2.39. The fourth-order valence-electron chi connectivity index (χ4n) is 1.57. The highest BCUT2D eigenvalue weighted by atomic mass is 79.9. The molecule has 3 nitrogen and oxygen atoms in total. The Morgan fingerprint density at radius 3 is 2.25 bits per heavy atom. The molecule has 104 valence electrons. The van der Waals surface area contributed by atoms with Crippen LogP contribution in [0.15, 0.2) is 49.8 Å². The third-order valence-corrected chi connectivity index (χ3v) is 4.58. The number of carboxylic acids is 1. The molecule has 0 aliphatic rings. The molecule has 0 spiro atoms. The lowest BCUT2D eigenvalue weighted by molar-refractivity contribution is 0.0696. The monoisotopic (exact) mass is 462 g/mol. The number of halogens is 3. The summed E-state index contributed by atoms with van der Waals surface area (Å²) in [6, 6.07) is 10.5. The minimum atomic E-state index is -0.952. The minimum absolute atomic E-state index is 0.239. The second-order valence-electron chi connectivity index (χ2n) is 3.95. The van der Waals surface area contributed by atoms with Crippen molar-refractivity contribution in [2.24, 2.45) is 0 Å². The highest BCUT2D eigenvalue weighted by Gasteiger charge is 2.10. The summed E-state index contributed by atoms with van der Waals surface area (Å²) in [5.41, 5.74) is 1.11. The number of carbonyl (C=O) groups is 1. The second kappa shape index (κ2) is 6.74. The summed E-state index contributed by atoms with van der Waals surface area (Å²) >= 11 is 10.2. The fourth-order valence-corrected chi connectivity index (χ4v) is 3.29.